The molecule has 2 aromatic heterocycles. The Kier molecular flexibility index (Phi) is 4.17. The first kappa shape index (κ1) is 13.1. The van der Waals surface area contributed by atoms with Crippen molar-refractivity contribution < 1.29 is 4.74 Å². The first-order chi connectivity index (χ1) is 9.24. The van der Waals surface area contributed by atoms with Crippen molar-refractivity contribution in [2.24, 2.45) is 7.05 Å². The standard InChI is InChI=1S/C12H18N6O/c1-4-5-13-11-10(19-3)12(15-8-14-11)17-9-6-16-18(2)7-9/h6-8H,4-5H2,1-3H3,(H2,13,14,15,17). The molecule has 0 bridgehead atoms. The molecule has 0 saturated carbocycles. The van der Waals surface area contributed by atoms with Gasteiger partial charge in [0, 0.05) is 19.8 Å². The van der Waals surface area contributed by atoms with Crippen LogP contribution in [0.5, 0.6) is 5.75 Å². The summed E-state index contributed by atoms with van der Waals surface area (Å²) in [6.45, 7) is 2.93. The summed E-state index contributed by atoms with van der Waals surface area (Å²) >= 11 is 0. The minimum absolute atomic E-state index is 0.597. The van der Waals surface area contributed by atoms with Gasteiger partial charge >= 0.3 is 0 Å². The second-order valence-corrected chi connectivity index (χ2v) is 4.06. The summed E-state index contributed by atoms with van der Waals surface area (Å²) in [6.07, 6.45) is 6.10. The van der Waals surface area contributed by atoms with Crippen LogP contribution in [0.2, 0.25) is 0 Å². The lowest BCUT2D eigenvalue weighted by atomic mass is 10.4. The van der Waals surface area contributed by atoms with Crippen molar-refractivity contribution in [2.75, 3.05) is 24.3 Å². The molecule has 2 heterocycles. The van der Waals surface area contributed by atoms with Gasteiger partial charge in [0.2, 0.25) is 5.75 Å². The molecule has 2 rings (SSSR count). The van der Waals surface area contributed by atoms with Gasteiger partial charge in [-0.3, -0.25) is 4.68 Å². The van der Waals surface area contributed by atoms with Gasteiger partial charge in [-0.2, -0.15) is 5.10 Å². The van der Waals surface area contributed by atoms with Gasteiger partial charge in [-0.25, -0.2) is 9.97 Å². The maximum atomic E-state index is 5.38. The smallest absolute Gasteiger partial charge is 0.204 e. The number of hydrogen-bond donors (Lipinski definition) is 2. The summed E-state index contributed by atoms with van der Waals surface area (Å²) < 4.78 is 7.09. The van der Waals surface area contributed by atoms with Crippen LogP contribution < -0.4 is 15.4 Å². The molecule has 0 aliphatic heterocycles. The van der Waals surface area contributed by atoms with Crippen molar-refractivity contribution in [1.82, 2.24) is 19.7 Å². The Morgan fingerprint density at radius 2 is 2.11 bits per heavy atom. The lowest BCUT2D eigenvalue weighted by Crippen LogP contribution is -2.07. The number of aryl methyl sites for hydroxylation is 1. The topological polar surface area (TPSA) is 76.9 Å². The van der Waals surface area contributed by atoms with E-state index in [9.17, 15) is 0 Å². The molecule has 0 fully saturated rings. The van der Waals surface area contributed by atoms with E-state index in [1.165, 1.54) is 6.33 Å². The van der Waals surface area contributed by atoms with E-state index in [1.807, 2.05) is 13.2 Å². The van der Waals surface area contributed by atoms with Crippen molar-refractivity contribution in [2.45, 2.75) is 13.3 Å². The number of ether oxygens (including phenoxy) is 1. The summed E-state index contributed by atoms with van der Waals surface area (Å²) in [6, 6.07) is 0. The van der Waals surface area contributed by atoms with Crippen LogP contribution in [-0.4, -0.2) is 33.4 Å². The van der Waals surface area contributed by atoms with Crippen LogP contribution in [-0.2, 0) is 7.05 Å². The Bertz CT molecular complexity index is 539. The van der Waals surface area contributed by atoms with Gasteiger partial charge in [0.25, 0.3) is 0 Å². The number of anilines is 3. The number of nitrogens with one attached hydrogen (secondary N) is 2. The first-order valence-corrected chi connectivity index (χ1v) is 6.13. The van der Waals surface area contributed by atoms with Gasteiger partial charge in [0.15, 0.2) is 11.6 Å². The van der Waals surface area contributed by atoms with E-state index < -0.39 is 0 Å². The maximum Gasteiger partial charge on any atom is 0.204 e. The Morgan fingerprint density at radius 3 is 2.74 bits per heavy atom. The summed E-state index contributed by atoms with van der Waals surface area (Å²) in [5.74, 6) is 1.90. The van der Waals surface area contributed by atoms with Crippen molar-refractivity contribution in [1.29, 1.82) is 0 Å². The zero-order valence-electron chi connectivity index (χ0n) is 11.3. The Hall–Kier alpha value is -2.31. The number of hydrogen-bond acceptors (Lipinski definition) is 6. The largest absolute Gasteiger partial charge is 0.490 e. The van der Waals surface area contributed by atoms with E-state index in [2.05, 4.69) is 32.6 Å². The number of rotatable bonds is 6. The molecular formula is C12H18N6O. The minimum atomic E-state index is 0.597. The molecule has 0 spiro atoms. The predicted octanol–water partition coefficient (Wildman–Crippen LogP) is 1.78. The van der Waals surface area contributed by atoms with Gasteiger partial charge in [0.05, 0.1) is 19.0 Å². The van der Waals surface area contributed by atoms with Crippen molar-refractivity contribution in [3.05, 3.63) is 18.7 Å². The summed E-state index contributed by atoms with van der Waals surface area (Å²) in [5.41, 5.74) is 0.848. The average molecular weight is 262 g/mol. The highest BCUT2D eigenvalue weighted by molar-refractivity contribution is 5.68. The summed E-state index contributed by atoms with van der Waals surface area (Å²) in [5, 5.41) is 10.5. The number of methoxy groups -OCH3 is 1. The maximum absolute atomic E-state index is 5.38. The first-order valence-electron chi connectivity index (χ1n) is 6.13. The highest BCUT2D eigenvalue weighted by Crippen LogP contribution is 2.30. The Balaban J connectivity index is 2.24. The van der Waals surface area contributed by atoms with Crippen LogP contribution in [0.15, 0.2) is 18.7 Å². The third-order valence-electron chi connectivity index (χ3n) is 2.52. The van der Waals surface area contributed by atoms with Gasteiger partial charge in [0.1, 0.15) is 6.33 Å². The Morgan fingerprint density at radius 1 is 1.32 bits per heavy atom. The predicted molar refractivity (Wildman–Crippen MR) is 73.9 cm³/mol. The monoisotopic (exact) mass is 262 g/mol. The molecule has 0 atom stereocenters. The van der Waals surface area contributed by atoms with Gasteiger partial charge in [-0.1, -0.05) is 6.92 Å². The van der Waals surface area contributed by atoms with Crippen molar-refractivity contribution >= 4 is 17.3 Å². The number of nitrogens with zero attached hydrogens (tertiary/aromatic N) is 4. The summed E-state index contributed by atoms with van der Waals surface area (Å²) in [7, 11) is 3.46. The molecule has 2 N–H and O–H groups in total. The molecule has 0 aliphatic carbocycles. The van der Waals surface area contributed by atoms with Crippen LogP contribution in [0.1, 0.15) is 13.3 Å². The van der Waals surface area contributed by atoms with E-state index >= 15 is 0 Å². The molecule has 0 aromatic carbocycles. The van der Waals surface area contributed by atoms with Crippen LogP contribution in [0.3, 0.4) is 0 Å². The molecular weight excluding hydrogens is 244 g/mol. The van der Waals surface area contributed by atoms with Crippen molar-refractivity contribution in [3.63, 3.8) is 0 Å². The van der Waals surface area contributed by atoms with E-state index in [1.54, 1.807) is 18.0 Å². The van der Waals surface area contributed by atoms with Crippen LogP contribution in [0, 0.1) is 0 Å². The second kappa shape index (κ2) is 6.03. The van der Waals surface area contributed by atoms with E-state index in [4.69, 9.17) is 4.74 Å². The van der Waals surface area contributed by atoms with Crippen LogP contribution in [0.25, 0.3) is 0 Å². The van der Waals surface area contributed by atoms with Gasteiger partial charge < -0.3 is 15.4 Å². The molecule has 0 radical (unpaired) electrons. The zero-order valence-corrected chi connectivity index (χ0v) is 11.3. The molecule has 2 aromatic rings. The van der Waals surface area contributed by atoms with Crippen molar-refractivity contribution in [3.8, 4) is 5.75 Å². The third kappa shape index (κ3) is 3.12. The molecule has 19 heavy (non-hydrogen) atoms. The fraction of sp³-hybridized carbons (Fsp3) is 0.417. The average Bonchev–Trinajstić information content (AvgIpc) is 2.82. The van der Waals surface area contributed by atoms with Gasteiger partial charge in [-0.05, 0) is 6.42 Å². The highest BCUT2D eigenvalue weighted by atomic mass is 16.5. The van der Waals surface area contributed by atoms with Crippen LogP contribution in [0.4, 0.5) is 17.3 Å². The summed E-state index contributed by atoms with van der Waals surface area (Å²) in [4.78, 5) is 8.39. The molecule has 0 saturated heterocycles. The van der Waals surface area contributed by atoms with E-state index in [-0.39, 0.29) is 0 Å². The van der Waals surface area contributed by atoms with Crippen LogP contribution >= 0.6 is 0 Å². The fourth-order valence-electron chi connectivity index (χ4n) is 1.65. The highest BCUT2D eigenvalue weighted by Gasteiger charge is 2.12. The third-order valence-corrected chi connectivity index (χ3v) is 2.52. The van der Waals surface area contributed by atoms with E-state index in [0.29, 0.717) is 17.4 Å². The molecule has 7 heteroatoms. The Labute approximate surface area is 112 Å². The molecule has 0 aliphatic rings. The second-order valence-electron chi connectivity index (χ2n) is 4.06. The lowest BCUT2D eigenvalue weighted by molar-refractivity contribution is 0.415. The SMILES string of the molecule is CCCNc1ncnc(Nc2cnn(C)c2)c1OC. The fourth-order valence-corrected chi connectivity index (χ4v) is 1.65. The minimum Gasteiger partial charge on any atom is -0.490 e. The molecule has 7 nitrogen and oxygen atoms in total. The normalized spacial score (nSPS) is 10.3. The zero-order chi connectivity index (χ0) is 13.7. The molecule has 0 amide bonds. The quantitative estimate of drug-likeness (QED) is 0.826. The number of aromatic nitrogens is 4. The van der Waals surface area contributed by atoms with Gasteiger partial charge in [-0.15, -0.1) is 0 Å². The lowest BCUT2D eigenvalue weighted by Gasteiger charge is -2.12. The molecule has 102 valence electrons. The molecule has 0 unspecified atom stereocenters. The van der Waals surface area contributed by atoms with E-state index in [0.717, 1.165) is 18.7 Å².